The van der Waals surface area contributed by atoms with Crippen LogP contribution in [0.25, 0.3) is 0 Å². The van der Waals surface area contributed by atoms with Crippen molar-refractivity contribution in [2.75, 3.05) is 19.8 Å². The van der Waals surface area contributed by atoms with E-state index in [1.54, 1.807) is 0 Å². The zero-order chi connectivity index (χ0) is 39.8. The van der Waals surface area contributed by atoms with Crippen molar-refractivity contribution >= 4 is 5.97 Å². The molecule has 0 rings (SSSR count). The summed E-state index contributed by atoms with van der Waals surface area (Å²) in [6.07, 6.45) is 68.7. The number of hydrogen-bond acceptors (Lipinski definition) is 4. The molecule has 4 nitrogen and oxygen atoms in total. The van der Waals surface area contributed by atoms with Crippen molar-refractivity contribution < 1.29 is 19.4 Å². The molecule has 0 aliphatic carbocycles. The van der Waals surface area contributed by atoms with Crippen LogP contribution in [0.15, 0.2) is 109 Å². The van der Waals surface area contributed by atoms with Crippen LogP contribution >= 0.6 is 0 Å². The first-order chi connectivity index (χ1) is 27.2. The Balaban J connectivity index is 3.53. The second-order valence-electron chi connectivity index (χ2n) is 14.4. The van der Waals surface area contributed by atoms with Crippen molar-refractivity contribution in [3.63, 3.8) is 0 Å². The summed E-state index contributed by atoms with van der Waals surface area (Å²) < 4.78 is 11.2. The third kappa shape index (κ3) is 45.3. The molecule has 0 aliphatic rings. The summed E-state index contributed by atoms with van der Waals surface area (Å²) in [5.41, 5.74) is 0. The second-order valence-corrected chi connectivity index (χ2v) is 14.4. The van der Waals surface area contributed by atoms with Gasteiger partial charge in [-0.1, -0.05) is 187 Å². The molecule has 0 radical (unpaired) electrons. The van der Waals surface area contributed by atoms with Gasteiger partial charge in [-0.25, -0.2) is 0 Å². The minimum atomic E-state index is -0.559. The van der Waals surface area contributed by atoms with Gasteiger partial charge in [0.05, 0.1) is 13.2 Å². The van der Waals surface area contributed by atoms with E-state index < -0.39 is 6.10 Å². The monoisotopic (exact) mass is 761 g/mol. The van der Waals surface area contributed by atoms with Crippen LogP contribution in [-0.4, -0.2) is 37.0 Å². The van der Waals surface area contributed by atoms with Crippen molar-refractivity contribution in [1.29, 1.82) is 0 Å². The van der Waals surface area contributed by atoms with E-state index in [1.165, 1.54) is 70.6 Å². The number of carbonyl (C=O) groups excluding carboxylic acids is 1. The molecule has 1 unspecified atom stereocenters. The fourth-order valence-corrected chi connectivity index (χ4v) is 5.82. The lowest BCUT2D eigenvalue weighted by molar-refractivity contribution is -0.154. The molecule has 0 saturated heterocycles. The Hall–Kier alpha value is -2.95. The van der Waals surface area contributed by atoms with Crippen LogP contribution in [0, 0.1) is 0 Å². The molecular formula is C51H84O4. The number of esters is 1. The van der Waals surface area contributed by atoms with Gasteiger partial charge in [0, 0.05) is 13.0 Å². The van der Waals surface area contributed by atoms with E-state index in [9.17, 15) is 9.90 Å². The minimum Gasteiger partial charge on any atom is -0.457 e. The Morgan fingerprint density at radius 2 is 0.764 bits per heavy atom. The molecule has 0 heterocycles. The molecule has 0 bridgehead atoms. The standard InChI is InChI=1S/C51H84O4/c1-3-5-7-9-11-13-15-17-19-21-23-25-26-27-28-30-32-34-36-38-40-42-44-46-51(53)55-50(48-52)49-54-47-45-43-41-39-37-35-33-31-29-24-22-20-18-16-14-12-10-8-6-4-2/h5-8,11-14,17-20,23-25,29,33,35,50,52H,3-4,9-10,15-16,21-22,26-28,30-32,34,36-49H2,1-2H3/b7-5-,8-6-,13-11-,14-12-,19-17-,20-18-,25-23-,29-24-,35-33-. The SMILES string of the molecule is CC/C=C\C/C=C\C/C=C\C/C=C\C/C=C\CCCCCCOCC(CO)OC(=O)CCCCCCCCCCCC/C=C\C/C=C\C/C=C\C/C=C\CC. The van der Waals surface area contributed by atoms with E-state index >= 15 is 0 Å². The van der Waals surface area contributed by atoms with Crippen LogP contribution in [0.4, 0.5) is 0 Å². The van der Waals surface area contributed by atoms with E-state index in [0.717, 1.165) is 89.9 Å². The molecule has 1 N–H and O–H groups in total. The van der Waals surface area contributed by atoms with Gasteiger partial charge in [0.15, 0.2) is 0 Å². The third-order valence-electron chi connectivity index (χ3n) is 9.09. The van der Waals surface area contributed by atoms with Crippen LogP contribution in [-0.2, 0) is 14.3 Å². The van der Waals surface area contributed by atoms with Crippen LogP contribution in [0.5, 0.6) is 0 Å². The zero-order valence-electron chi connectivity index (χ0n) is 35.6. The number of allylic oxidation sites excluding steroid dienone is 18. The second kappa shape index (κ2) is 47.2. The Labute approximate surface area is 340 Å². The Morgan fingerprint density at radius 3 is 1.15 bits per heavy atom. The van der Waals surface area contributed by atoms with Crippen LogP contribution in [0.3, 0.4) is 0 Å². The van der Waals surface area contributed by atoms with Gasteiger partial charge in [-0.15, -0.1) is 0 Å². The number of carbonyl (C=O) groups is 1. The third-order valence-corrected chi connectivity index (χ3v) is 9.09. The maximum Gasteiger partial charge on any atom is 0.306 e. The first-order valence-electron chi connectivity index (χ1n) is 22.5. The van der Waals surface area contributed by atoms with E-state index in [4.69, 9.17) is 9.47 Å². The number of ether oxygens (including phenoxy) is 2. The summed E-state index contributed by atoms with van der Waals surface area (Å²) in [6, 6.07) is 0. The number of rotatable bonds is 40. The first kappa shape index (κ1) is 52.0. The number of aliphatic hydroxyl groups excluding tert-OH is 1. The van der Waals surface area contributed by atoms with E-state index in [0.29, 0.717) is 13.0 Å². The maximum atomic E-state index is 12.2. The number of unbranched alkanes of at least 4 members (excludes halogenated alkanes) is 14. The first-order valence-corrected chi connectivity index (χ1v) is 22.5. The topological polar surface area (TPSA) is 55.8 Å². The van der Waals surface area contributed by atoms with E-state index in [-0.39, 0.29) is 19.2 Å². The molecule has 0 aromatic carbocycles. The molecule has 0 aromatic heterocycles. The summed E-state index contributed by atoms with van der Waals surface area (Å²) in [5.74, 6) is -0.219. The Morgan fingerprint density at radius 1 is 0.436 bits per heavy atom. The predicted octanol–water partition coefficient (Wildman–Crippen LogP) is 15.1. The lowest BCUT2D eigenvalue weighted by Crippen LogP contribution is -2.27. The van der Waals surface area contributed by atoms with Crippen molar-refractivity contribution in [2.24, 2.45) is 0 Å². The maximum absolute atomic E-state index is 12.2. The summed E-state index contributed by atoms with van der Waals surface area (Å²) in [7, 11) is 0. The largest absolute Gasteiger partial charge is 0.457 e. The molecule has 312 valence electrons. The Bertz CT molecular complexity index is 1070. The molecular weight excluding hydrogens is 677 g/mol. The van der Waals surface area contributed by atoms with Gasteiger partial charge in [-0.2, -0.15) is 0 Å². The van der Waals surface area contributed by atoms with Gasteiger partial charge in [0.2, 0.25) is 0 Å². The predicted molar refractivity (Wildman–Crippen MR) is 241 cm³/mol. The van der Waals surface area contributed by atoms with Gasteiger partial charge >= 0.3 is 5.97 Å². The number of aliphatic hydroxyl groups is 1. The van der Waals surface area contributed by atoms with Gasteiger partial charge < -0.3 is 14.6 Å². The van der Waals surface area contributed by atoms with Crippen molar-refractivity contribution in [1.82, 2.24) is 0 Å². The Kier molecular flexibility index (Phi) is 44.7. The molecule has 0 aliphatic heterocycles. The van der Waals surface area contributed by atoms with E-state index in [1.807, 2.05) is 0 Å². The van der Waals surface area contributed by atoms with Crippen LogP contribution < -0.4 is 0 Å². The van der Waals surface area contributed by atoms with Gasteiger partial charge in [0.1, 0.15) is 6.10 Å². The van der Waals surface area contributed by atoms with Gasteiger partial charge in [-0.05, 0) is 96.3 Å². The molecule has 4 heteroatoms. The van der Waals surface area contributed by atoms with E-state index in [2.05, 4.69) is 123 Å². The molecule has 0 aromatic rings. The molecule has 0 spiro atoms. The van der Waals surface area contributed by atoms with Gasteiger partial charge in [0.25, 0.3) is 0 Å². The van der Waals surface area contributed by atoms with Crippen molar-refractivity contribution in [2.45, 2.75) is 187 Å². The molecule has 55 heavy (non-hydrogen) atoms. The normalized spacial score (nSPS) is 13.4. The van der Waals surface area contributed by atoms with Gasteiger partial charge in [-0.3, -0.25) is 4.79 Å². The average molecular weight is 761 g/mol. The molecule has 0 saturated carbocycles. The van der Waals surface area contributed by atoms with Crippen LogP contribution in [0.2, 0.25) is 0 Å². The lowest BCUT2D eigenvalue weighted by atomic mass is 10.0. The molecule has 0 fully saturated rings. The summed E-state index contributed by atoms with van der Waals surface area (Å²) in [6.45, 7) is 5.05. The fraction of sp³-hybridized carbons (Fsp3) is 0.627. The smallest absolute Gasteiger partial charge is 0.306 e. The summed E-state index contributed by atoms with van der Waals surface area (Å²) in [5, 5.41) is 9.62. The lowest BCUT2D eigenvalue weighted by Gasteiger charge is -2.15. The highest BCUT2D eigenvalue weighted by Gasteiger charge is 2.13. The van der Waals surface area contributed by atoms with Crippen molar-refractivity contribution in [3.8, 4) is 0 Å². The zero-order valence-corrected chi connectivity index (χ0v) is 35.6. The fourth-order valence-electron chi connectivity index (χ4n) is 5.82. The summed E-state index contributed by atoms with van der Waals surface area (Å²) in [4.78, 5) is 12.2. The molecule has 0 amide bonds. The molecule has 1 atom stereocenters. The average Bonchev–Trinajstić information content (AvgIpc) is 3.19. The van der Waals surface area contributed by atoms with Crippen LogP contribution in [0.1, 0.15) is 181 Å². The minimum absolute atomic E-state index is 0.191. The highest BCUT2D eigenvalue weighted by Crippen LogP contribution is 2.13. The number of hydrogen-bond donors (Lipinski definition) is 1. The summed E-state index contributed by atoms with van der Waals surface area (Å²) >= 11 is 0. The quantitative estimate of drug-likeness (QED) is 0.0384. The van der Waals surface area contributed by atoms with Crippen molar-refractivity contribution in [3.05, 3.63) is 109 Å². The highest BCUT2D eigenvalue weighted by atomic mass is 16.6. The highest BCUT2D eigenvalue weighted by molar-refractivity contribution is 5.69.